The van der Waals surface area contributed by atoms with Crippen LogP contribution in [0, 0.1) is 0 Å². The number of halogens is 3. The highest BCUT2D eigenvalue weighted by atomic mass is 19.4. The third kappa shape index (κ3) is 3.76. The molecular formula is C18H21F3N4O. The fourth-order valence-electron chi connectivity index (χ4n) is 3.82. The summed E-state index contributed by atoms with van der Waals surface area (Å²) in [6, 6.07) is 5.59. The molecule has 1 atom stereocenters. The molecule has 0 spiro atoms. The van der Waals surface area contributed by atoms with E-state index in [2.05, 4.69) is 19.9 Å². The quantitative estimate of drug-likeness (QED) is 0.830. The molecule has 0 N–H and O–H groups in total. The Morgan fingerprint density at radius 1 is 1.15 bits per heavy atom. The lowest BCUT2D eigenvalue weighted by atomic mass is 10.1. The Bertz CT molecular complexity index is 755. The molecular weight excluding hydrogens is 345 g/mol. The van der Waals surface area contributed by atoms with Crippen molar-refractivity contribution in [2.75, 3.05) is 26.2 Å². The molecule has 4 rings (SSSR count). The summed E-state index contributed by atoms with van der Waals surface area (Å²) in [6.45, 7) is 4.84. The zero-order valence-electron chi connectivity index (χ0n) is 14.4. The van der Waals surface area contributed by atoms with Crippen molar-refractivity contribution in [3.63, 3.8) is 0 Å². The van der Waals surface area contributed by atoms with Crippen molar-refractivity contribution < 1.29 is 17.7 Å². The Balaban J connectivity index is 1.41. The number of benzene rings is 1. The smallest absolute Gasteiger partial charge is 0.338 e. The highest BCUT2D eigenvalue weighted by molar-refractivity contribution is 5.55. The molecule has 140 valence electrons. The van der Waals surface area contributed by atoms with Crippen LogP contribution in [0.25, 0.3) is 11.4 Å². The molecule has 26 heavy (non-hydrogen) atoms. The summed E-state index contributed by atoms with van der Waals surface area (Å²) in [6.07, 6.45) is -0.696. The molecule has 0 aliphatic carbocycles. The summed E-state index contributed by atoms with van der Waals surface area (Å²) in [5, 5.41) is 3.86. The van der Waals surface area contributed by atoms with E-state index >= 15 is 0 Å². The van der Waals surface area contributed by atoms with E-state index in [0.29, 0.717) is 24.0 Å². The SMILES string of the molecule is FC(F)(F)c1cccc(-c2noc(CN3CCC(N4CCCC4)C3)n2)c1. The Labute approximate surface area is 149 Å². The minimum Gasteiger partial charge on any atom is -0.338 e. The summed E-state index contributed by atoms with van der Waals surface area (Å²) in [5.41, 5.74) is -0.402. The van der Waals surface area contributed by atoms with Crippen molar-refractivity contribution in [2.45, 2.75) is 38.0 Å². The molecule has 5 nitrogen and oxygen atoms in total. The fourth-order valence-corrected chi connectivity index (χ4v) is 3.82. The normalized spacial score (nSPS) is 22.3. The zero-order valence-corrected chi connectivity index (χ0v) is 14.4. The van der Waals surface area contributed by atoms with Crippen molar-refractivity contribution in [2.24, 2.45) is 0 Å². The maximum Gasteiger partial charge on any atom is 0.416 e. The maximum atomic E-state index is 12.8. The maximum absolute atomic E-state index is 12.8. The Kier molecular flexibility index (Phi) is 4.71. The van der Waals surface area contributed by atoms with Gasteiger partial charge in [-0.15, -0.1) is 0 Å². The third-order valence-corrected chi connectivity index (χ3v) is 5.18. The average molecular weight is 366 g/mol. The van der Waals surface area contributed by atoms with E-state index in [9.17, 15) is 13.2 Å². The van der Waals surface area contributed by atoms with Gasteiger partial charge in [0.1, 0.15) is 0 Å². The van der Waals surface area contributed by atoms with E-state index in [0.717, 1.165) is 31.6 Å². The van der Waals surface area contributed by atoms with Crippen LogP contribution in [-0.4, -0.2) is 52.2 Å². The average Bonchev–Trinajstić information content (AvgIpc) is 3.36. The van der Waals surface area contributed by atoms with Crippen molar-refractivity contribution in [1.29, 1.82) is 0 Å². The largest absolute Gasteiger partial charge is 0.416 e. The zero-order chi connectivity index (χ0) is 18.1. The predicted molar refractivity (Wildman–Crippen MR) is 89.2 cm³/mol. The molecule has 1 aromatic heterocycles. The van der Waals surface area contributed by atoms with E-state index in [1.165, 1.54) is 32.0 Å². The molecule has 0 saturated carbocycles. The second kappa shape index (κ2) is 7.00. The molecule has 2 aliphatic heterocycles. The Hall–Kier alpha value is -1.93. The van der Waals surface area contributed by atoms with Crippen LogP contribution in [0.15, 0.2) is 28.8 Å². The molecule has 0 amide bonds. The first kappa shape index (κ1) is 17.5. The fraction of sp³-hybridized carbons (Fsp3) is 0.556. The predicted octanol–water partition coefficient (Wildman–Crippen LogP) is 3.43. The molecule has 2 fully saturated rings. The second-order valence-corrected chi connectivity index (χ2v) is 7.01. The van der Waals surface area contributed by atoms with Gasteiger partial charge in [-0.25, -0.2) is 0 Å². The summed E-state index contributed by atoms with van der Waals surface area (Å²) in [4.78, 5) is 9.10. The van der Waals surface area contributed by atoms with Gasteiger partial charge in [0.2, 0.25) is 11.7 Å². The van der Waals surface area contributed by atoms with Crippen LogP contribution in [0.2, 0.25) is 0 Å². The molecule has 2 aliphatic rings. The second-order valence-electron chi connectivity index (χ2n) is 7.01. The molecule has 1 unspecified atom stereocenters. The summed E-state index contributed by atoms with van der Waals surface area (Å²) in [7, 11) is 0. The monoisotopic (exact) mass is 366 g/mol. The molecule has 2 saturated heterocycles. The number of rotatable bonds is 4. The van der Waals surface area contributed by atoms with Crippen LogP contribution in [0.5, 0.6) is 0 Å². The first-order valence-corrected chi connectivity index (χ1v) is 8.96. The van der Waals surface area contributed by atoms with Gasteiger partial charge in [-0.05, 0) is 44.5 Å². The van der Waals surface area contributed by atoms with Crippen LogP contribution in [0.4, 0.5) is 13.2 Å². The van der Waals surface area contributed by atoms with Gasteiger partial charge >= 0.3 is 6.18 Å². The van der Waals surface area contributed by atoms with Gasteiger partial charge in [0.25, 0.3) is 0 Å². The highest BCUT2D eigenvalue weighted by Gasteiger charge is 2.31. The van der Waals surface area contributed by atoms with Crippen LogP contribution >= 0.6 is 0 Å². The van der Waals surface area contributed by atoms with Crippen LogP contribution < -0.4 is 0 Å². The number of likely N-dealkylation sites (tertiary alicyclic amines) is 2. The van der Waals surface area contributed by atoms with E-state index in [1.54, 1.807) is 6.07 Å². The Morgan fingerprint density at radius 2 is 1.96 bits per heavy atom. The lowest BCUT2D eigenvalue weighted by molar-refractivity contribution is -0.137. The van der Waals surface area contributed by atoms with Gasteiger partial charge < -0.3 is 4.52 Å². The lowest BCUT2D eigenvalue weighted by Gasteiger charge is -2.23. The van der Waals surface area contributed by atoms with Gasteiger partial charge in [-0.2, -0.15) is 18.2 Å². The molecule has 2 aromatic rings. The van der Waals surface area contributed by atoms with Crippen LogP contribution in [-0.2, 0) is 12.7 Å². The number of hydrogen-bond acceptors (Lipinski definition) is 5. The third-order valence-electron chi connectivity index (χ3n) is 5.18. The van der Waals surface area contributed by atoms with Gasteiger partial charge in [-0.3, -0.25) is 9.80 Å². The van der Waals surface area contributed by atoms with Crippen molar-refractivity contribution in [3.05, 3.63) is 35.7 Å². The number of alkyl halides is 3. The summed E-state index contributed by atoms with van der Waals surface area (Å²) < 4.78 is 43.8. The van der Waals surface area contributed by atoms with Crippen molar-refractivity contribution in [3.8, 4) is 11.4 Å². The molecule has 0 radical (unpaired) electrons. The number of nitrogens with zero attached hydrogens (tertiary/aromatic N) is 4. The van der Waals surface area contributed by atoms with Crippen molar-refractivity contribution >= 4 is 0 Å². The summed E-state index contributed by atoms with van der Waals surface area (Å²) >= 11 is 0. The topological polar surface area (TPSA) is 45.4 Å². The molecule has 3 heterocycles. The number of aromatic nitrogens is 2. The van der Waals surface area contributed by atoms with Gasteiger partial charge in [0, 0.05) is 24.7 Å². The molecule has 8 heteroatoms. The first-order valence-electron chi connectivity index (χ1n) is 8.96. The lowest BCUT2D eigenvalue weighted by Crippen LogP contribution is -2.35. The van der Waals surface area contributed by atoms with E-state index in [4.69, 9.17) is 4.52 Å². The minimum absolute atomic E-state index is 0.196. The van der Waals surface area contributed by atoms with Gasteiger partial charge in [0.15, 0.2) is 0 Å². The first-order chi connectivity index (χ1) is 12.5. The van der Waals surface area contributed by atoms with E-state index in [-0.39, 0.29) is 5.82 Å². The van der Waals surface area contributed by atoms with Gasteiger partial charge in [-0.1, -0.05) is 17.3 Å². The van der Waals surface area contributed by atoms with Crippen LogP contribution in [0.1, 0.15) is 30.7 Å². The number of hydrogen-bond donors (Lipinski definition) is 0. The highest BCUT2D eigenvalue weighted by Crippen LogP contribution is 2.31. The van der Waals surface area contributed by atoms with Crippen LogP contribution in [0.3, 0.4) is 0 Å². The van der Waals surface area contributed by atoms with E-state index < -0.39 is 11.7 Å². The molecule has 0 bridgehead atoms. The van der Waals surface area contributed by atoms with Gasteiger partial charge in [0.05, 0.1) is 12.1 Å². The van der Waals surface area contributed by atoms with E-state index in [1.807, 2.05) is 0 Å². The standard InChI is InChI=1S/C18H21F3N4O/c19-18(20,21)14-5-3-4-13(10-14)17-22-16(26-23-17)12-24-9-6-15(11-24)25-7-1-2-8-25/h3-5,10,15H,1-2,6-9,11-12H2. The minimum atomic E-state index is -4.39. The Morgan fingerprint density at radius 3 is 2.73 bits per heavy atom. The van der Waals surface area contributed by atoms with Crippen molar-refractivity contribution in [1.82, 2.24) is 19.9 Å². The summed E-state index contributed by atoms with van der Waals surface area (Å²) in [5.74, 6) is 0.640. The molecule has 1 aromatic carbocycles.